The van der Waals surface area contributed by atoms with E-state index < -0.39 is 0 Å². The van der Waals surface area contributed by atoms with Crippen LogP contribution in [0.25, 0.3) is 11.5 Å². The minimum absolute atomic E-state index is 0.319. The van der Waals surface area contributed by atoms with Gasteiger partial charge in [0.25, 0.3) is 0 Å². The van der Waals surface area contributed by atoms with Crippen LogP contribution < -0.4 is 0 Å². The summed E-state index contributed by atoms with van der Waals surface area (Å²) in [6.45, 7) is 0. The fraction of sp³-hybridized carbons (Fsp3) is 0.308. The van der Waals surface area contributed by atoms with E-state index in [0.717, 1.165) is 16.5 Å². The van der Waals surface area contributed by atoms with Crippen molar-refractivity contribution in [2.75, 3.05) is 0 Å². The molecule has 1 fully saturated rings. The van der Waals surface area contributed by atoms with Crippen molar-refractivity contribution >= 4 is 22.9 Å². The second kappa shape index (κ2) is 4.43. The van der Waals surface area contributed by atoms with E-state index in [4.69, 9.17) is 16.1 Å². The quantitative estimate of drug-likeness (QED) is 0.743. The van der Waals surface area contributed by atoms with Gasteiger partial charge in [0, 0.05) is 23.8 Å². The molecule has 1 aliphatic rings. The molecule has 0 aliphatic heterocycles. The number of hydrogen-bond acceptors (Lipinski definition) is 5. The van der Waals surface area contributed by atoms with Crippen molar-refractivity contribution in [1.82, 2.24) is 19.7 Å². The lowest BCUT2D eigenvalue weighted by molar-refractivity contribution is 0.378. The molecule has 3 aromatic heterocycles. The summed E-state index contributed by atoms with van der Waals surface area (Å²) in [6.07, 6.45) is 4.50. The third-order valence-electron chi connectivity index (χ3n) is 3.55. The molecule has 0 amide bonds. The van der Waals surface area contributed by atoms with Crippen molar-refractivity contribution in [1.29, 1.82) is 0 Å². The molecule has 20 heavy (non-hydrogen) atoms. The molecule has 1 saturated carbocycles. The van der Waals surface area contributed by atoms with Gasteiger partial charge in [0.05, 0.1) is 16.9 Å². The zero-order chi connectivity index (χ0) is 13.7. The lowest BCUT2D eigenvalue weighted by Crippen LogP contribution is -1.91. The second-order valence-corrected chi connectivity index (χ2v) is 6.68. The van der Waals surface area contributed by atoms with Crippen LogP contribution in [0.15, 0.2) is 29.2 Å². The van der Waals surface area contributed by atoms with E-state index in [1.165, 1.54) is 4.88 Å². The summed E-state index contributed by atoms with van der Waals surface area (Å²) in [6, 6.07) is 4.02. The SMILES string of the molecule is Cn1cncc1-c1noc([C@@H]2C[C@H]2c2ccc(Cl)s2)n1. The third kappa shape index (κ3) is 1.96. The summed E-state index contributed by atoms with van der Waals surface area (Å²) < 4.78 is 8.09. The maximum atomic E-state index is 5.97. The minimum Gasteiger partial charge on any atom is -0.339 e. The van der Waals surface area contributed by atoms with E-state index in [1.807, 2.05) is 17.7 Å². The van der Waals surface area contributed by atoms with Crippen LogP contribution in [0.5, 0.6) is 0 Å². The van der Waals surface area contributed by atoms with Gasteiger partial charge in [-0.1, -0.05) is 16.8 Å². The van der Waals surface area contributed by atoms with Gasteiger partial charge < -0.3 is 9.09 Å². The highest BCUT2D eigenvalue weighted by Gasteiger charge is 2.44. The van der Waals surface area contributed by atoms with Crippen LogP contribution in [0.4, 0.5) is 0 Å². The first kappa shape index (κ1) is 12.1. The Bertz CT molecular complexity index is 762. The molecule has 2 atom stereocenters. The van der Waals surface area contributed by atoms with Crippen LogP contribution in [0.2, 0.25) is 4.34 Å². The third-order valence-corrected chi connectivity index (χ3v) is 4.92. The Morgan fingerprint density at radius 3 is 3.00 bits per heavy atom. The largest absolute Gasteiger partial charge is 0.339 e. The summed E-state index contributed by atoms with van der Waals surface area (Å²) in [4.78, 5) is 9.84. The smallest absolute Gasteiger partial charge is 0.230 e. The molecule has 0 spiro atoms. The summed E-state index contributed by atoms with van der Waals surface area (Å²) >= 11 is 7.60. The maximum absolute atomic E-state index is 5.97. The fourth-order valence-corrected chi connectivity index (χ4v) is 3.61. The molecule has 4 rings (SSSR count). The first-order valence-corrected chi connectivity index (χ1v) is 7.47. The van der Waals surface area contributed by atoms with Gasteiger partial charge in [0.2, 0.25) is 11.7 Å². The minimum atomic E-state index is 0.319. The second-order valence-electron chi connectivity index (χ2n) is 4.94. The van der Waals surface area contributed by atoms with E-state index >= 15 is 0 Å². The van der Waals surface area contributed by atoms with E-state index in [2.05, 4.69) is 21.2 Å². The van der Waals surface area contributed by atoms with Gasteiger partial charge in [-0.25, -0.2) is 4.98 Å². The first-order chi connectivity index (χ1) is 9.72. The van der Waals surface area contributed by atoms with Gasteiger partial charge in [-0.2, -0.15) is 4.98 Å². The topological polar surface area (TPSA) is 56.7 Å². The van der Waals surface area contributed by atoms with Crippen LogP contribution in [0, 0.1) is 0 Å². The molecule has 1 aliphatic carbocycles. The Morgan fingerprint density at radius 1 is 1.40 bits per heavy atom. The molecule has 0 radical (unpaired) electrons. The van der Waals surface area contributed by atoms with Gasteiger partial charge in [-0.15, -0.1) is 11.3 Å². The summed E-state index contributed by atoms with van der Waals surface area (Å²) in [5.41, 5.74) is 0.858. The van der Waals surface area contributed by atoms with Crippen molar-refractivity contribution in [2.24, 2.45) is 7.05 Å². The molecule has 0 aromatic carbocycles. The molecule has 5 nitrogen and oxygen atoms in total. The van der Waals surface area contributed by atoms with Crippen molar-refractivity contribution in [3.05, 3.63) is 39.8 Å². The van der Waals surface area contributed by atoms with Crippen LogP contribution in [0.1, 0.15) is 29.0 Å². The van der Waals surface area contributed by atoms with Crippen LogP contribution in [-0.4, -0.2) is 19.7 Å². The summed E-state index contributed by atoms with van der Waals surface area (Å²) in [7, 11) is 1.91. The zero-order valence-electron chi connectivity index (χ0n) is 10.7. The van der Waals surface area contributed by atoms with Crippen molar-refractivity contribution in [3.63, 3.8) is 0 Å². The number of imidazole rings is 1. The Balaban J connectivity index is 1.57. The summed E-state index contributed by atoms with van der Waals surface area (Å²) in [5, 5.41) is 4.04. The molecule has 102 valence electrons. The lowest BCUT2D eigenvalue weighted by atomic mass is 10.2. The molecule has 0 N–H and O–H groups in total. The average molecular weight is 307 g/mol. The van der Waals surface area contributed by atoms with Crippen LogP contribution >= 0.6 is 22.9 Å². The van der Waals surface area contributed by atoms with Crippen molar-refractivity contribution in [2.45, 2.75) is 18.3 Å². The highest BCUT2D eigenvalue weighted by atomic mass is 35.5. The highest BCUT2D eigenvalue weighted by molar-refractivity contribution is 7.16. The van der Waals surface area contributed by atoms with Gasteiger partial charge in [0.1, 0.15) is 5.69 Å². The number of hydrogen-bond donors (Lipinski definition) is 0. The van der Waals surface area contributed by atoms with Gasteiger partial charge >= 0.3 is 0 Å². The molecule has 7 heteroatoms. The molecular weight excluding hydrogens is 296 g/mol. The monoisotopic (exact) mass is 306 g/mol. The molecule has 0 saturated heterocycles. The lowest BCUT2D eigenvalue weighted by Gasteiger charge is -1.93. The maximum Gasteiger partial charge on any atom is 0.230 e. The van der Waals surface area contributed by atoms with E-state index in [0.29, 0.717) is 23.6 Å². The highest BCUT2D eigenvalue weighted by Crippen LogP contribution is 2.56. The van der Waals surface area contributed by atoms with E-state index in [-0.39, 0.29) is 0 Å². The first-order valence-electron chi connectivity index (χ1n) is 6.28. The Morgan fingerprint density at radius 2 is 2.30 bits per heavy atom. The number of nitrogens with zero attached hydrogens (tertiary/aromatic N) is 4. The van der Waals surface area contributed by atoms with Crippen LogP contribution in [-0.2, 0) is 7.05 Å². The molecular formula is C13H11ClN4OS. The molecule has 3 aromatic rings. The zero-order valence-corrected chi connectivity index (χ0v) is 12.2. The molecule has 3 heterocycles. The molecule has 0 bridgehead atoms. The predicted octanol–water partition coefficient (Wildman–Crippen LogP) is 3.46. The average Bonchev–Trinajstić information content (AvgIpc) is 2.83. The number of halogens is 1. The number of rotatable bonds is 3. The van der Waals surface area contributed by atoms with Crippen molar-refractivity contribution < 1.29 is 4.52 Å². The predicted molar refractivity (Wildman–Crippen MR) is 75.9 cm³/mol. The van der Waals surface area contributed by atoms with Gasteiger partial charge in [-0.3, -0.25) is 0 Å². The van der Waals surface area contributed by atoms with E-state index in [9.17, 15) is 0 Å². The normalized spacial score (nSPS) is 21.3. The van der Waals surface area contributed by atoms with Gasteiger partial charge in [-0.05, 0) is 18.6 Å². The van der Waals surface area contributed by atoms with E-state index in [1.54, 1.807) is 23.9 Å². The van der Waals surface area contributed by atoms with Gasteiger partial charge in [0.15, 0.2) is 0 Å². The Labute approximate surface area is 124 Å². The fourth-order valence-electron chi connectivity index (χ4n) is 2.37. The number of aryl methyl sites for hydroxylation is 1. The number of aromatic nitrogens is 4. The Hall–Kier alpha value is -1.66. The Kier molecular flexibility index (Phi) is 2.68. The standard InChI is InChI=1S/C13H11ClN4OS/c1-18-6-15-5-9(18)12-16-13(19-17-12)8-4-7(8)10-2-3-11(14)20-10/h2-3,5-8H,4H2,1H3/t7-,8-/m1/s1. The molecule has 0 unspecified atom stereocenters. The van der Waals surface area contributed by atoms with Crippen molar-refractivity contribution in [3.8, 4) is 11.5 Å². The summed E-state index contributed by atoms with van der Waals surface area (Å²) in [5.74, 6) is 2.08. The van der Waals surface area contributed by atoms with Crippen LogP contribution in [0.3, 0.4) is 0 Å². The number of thiophene rings is 1.